The summed E-state index contributed by atoms with van der Waals surface area (Å²) in [6.07, 6.45) is 1.97. The molecule has 0 radical (unpaired) electrons. The fraction of sp³-hybridized carbons (Fsp3) is 0.154. The van der Waals surface area contributed by atoms with E-state index in [0.29, 0.717) is 12.2 Å². The van der Waals surface area contributed by atoms with Crippen LogP contribution >= 0.6 is 11.8 Å². The Morgan fingerprint density at radius 3 is 2.62 bits per heavy atom. The highest BCUT2D eigenvalue weighted by Gasteiger charge is 2.06. The van der Waals surface area contributed by atoms with Crippen LogP contribution in [0.2, 0.25) is 0 Å². The number of rotatable bonds is 5. The zero-order chi connectivity index (χ0) is 11.2. The molecule has 0 aliphatic carbocycles. The lowest BCUT2D eigenvalue weighted by molar-refractivity contribution is -0.116. The highest BCUT2D eigenvalue weighted by atomic mass is 32.2. The van der Waals surface area contributed by atoms with Gasteiger partial charge in [0.15, 0.2) is 5.78 Å². The van der Waals surface area contributed by atoms with Crippen LogP contribution in [0, 0.1) is 0 Å². The van der Waals surface area contributed by atoms with E-state index in [1.54, 1.807) is 24.1 Å². The molecule has 2 aromatic rings. The number of ketones is 1. The van der Waals surface area contributed by atoms with Gasteiger partial charge in [-0.15, -0.1) is 11.8 Å². The van der Waals surface area contributed by atoms with Crippen molar-refractivity contribution < 1.29 is 9.21 Å². The molecule has 0 aliphatic heterocycles. The lowest BCUT2D eigenvalue weighted by Crippen LogP contribution is -2.04. The van der Waals surface area contributed by atoms with Gasteiger partial charge >= 0.3 is 0 Å². The van der Waals surface area contributed by atoms with Gasteiger partial charge in [0.1, 0.15) is 5.76 Å². The molecule has 1 heterocycles. The Morgan fingerprint density at radius 2 is 1.94 bits per heavy atom. The van der Waals surface area contributed by atoms with E-state index in [9.17, 15) is 4.79 Å². The Balaban J connectivity index is 1.80. The predicted octanol–water partition coefficient (Wildman–Crippen LogP) is 3.18. The summed E-state index contributed by atoms with van der Waals surface area (Å²) in [6.45, 7) is 0. The number of carbonyl (C=O) groups is 1. The minimum absolute atomic E-state index is 0.184. The second-order valence-corrected chi connectivity index (χ2v) is 4.45. The highest BCUT2D eigenvalue weighted by molar-refractivity contribution is 8.00. The number of benzene rings is 1. The topological polar surface area (TPSA) is 30.2 Å². The SMILES string of the molecule is O=C(CSc1ccccc1)Cc1ccco1. The summed E-state index contributed by atoms with van der Waals surface area (Å²) < 4.78 is 5.13. The minimum Gasteiger partial charge on any atom is -0.469 e. The number of hydrogen-bond acceptors (Lipinski definition) is 3. The van der Waals surface area contributed by atoms with Crippen LogP contribution < -0.4 is 0 Å². The predicted molar refractivity (Wildman–Crippen MR) is 64.6 cm³/mol. The first kappa shape index (κ1) is 11.0. The average Bonchev–Trinajstić information content (AvgIpc) is 2.81. The third-order valence-corrected chi connectivity index (χ3v) is 3.17. The van der Waals surface area contributed by atoms with Crippen molar-refractivity contribution in [2.75, 3.05) is 5.75 Å². The maximum atomic E-state index is 11.6. The largest absolute Gasteiger partial charge is 0.469 e. The van der Waals surface area contributed by atoms with Gasteiger partial charge in [-0.2, -0.15) is 0 Å². The van der Waals surface area contributed by atoms with Crippen molar-refractivity contribution in [3.63, 3.8) is 0 Å². The van der Waals surface area contributed by atoms with Crippen LogP contribution in [0.1, 0.15) is 5.76 Å². The molecule has 1 aromatic heterocycles. The van der Waals surface area contributed by atoms with Crippen molar-refractivity contribution in [2.45, 2.75) is 11.3 Å². The summed E-state index contributed by atoms with van der Waals surface area (Å²) >= 11 is 1.56. The lowest BCUT2D eigenvalue weighted by Gasteiger charge is -1.99. The summed E-state index contributed by atoms with van der Waals surface area (Å²) in [7, 11) is 0. The third-order valence-electron chi connectivity index (χ3n) is 2.09. The molecule has 0 atom stereocenters. The van der Waals surface area contributed by atoms with Crippen LogP contribution in [-0.4, -0.2) is 11.5 Å². The zero-order valence-electron chi connectivity index (χ0n) is 8.76. The molecule has 0 bridgehead atoms. The summed E-state index contributed by atoms with van der Waals surface area (Å²) in [5.41, 5.74) is 0. The van der Waals surface area contributed by atoms with Gasteiger partial charge in [-0.3, -0.25) is 4.79 Å². The molecule has 0 N–H and O–H groups in total. The molecular formula is C13H12O2S. The Labute approximate surface area is 98.7 Å². The van der Waals surface area contributed by atoms with E-state index < -0.39 is 0 Å². The summed E-state index contributed by atoms with van der Waals surface area (Å²) in [5.74, 6) is 1.41. The molecule has 2 nitrogen and oxygen atoms in total. The van der Waals surface area contributed by atoms with Gasteiger partial charge in [0.05, 0.1) is 18.4 Å². The quantitative estimate of drug-likeness (QED) is 0.742. The summed E-state index contributed by atoms with van der Waals surface area (Å²) in [4.78, 5) is 12.7. The van der Waals surface area contributed by atoms with E-state index in [1.165, 1.54) is 0 Å². The molecule has 0 spiro atoms. The van der Waals surface area contributed by atoms with Gasteiger partial charge < -0.3 is 4.42 Å². The summed E-state index contributed by atoms with van der Waals surface area (Å²) in [6, 6.07) is 13.5. The first-order chi connectivity index (χ1) is 7.84. The second kappa shape index (κ2) is 5.56. The molecule has 0 amide bonds. The van der Waals surface area contributed by atoms with Gasteiger partial charge in [-0.05, 0) is 24.3 Å². The Kier molecular flexibility index (Phi) is 3.83. The van der Waals surface area contributed by atoms with E-state index in [2.05, 4.69) is 0 Å². The van der Waals surface area contributed by atoms with Crippen LogP contribution in [0.5, 0.6) is 0 Å². The molecule has 0 fully saturated rings. The van der Waals surface area contributed by atoms with E-state index in [4.69, 9.17) is 4.42 Å². The minimum atomic E-state index is 0.184. The van der Waals surface area contributed by atoms with E-state index >= 15 is 0 Å². The fourth-order valence-electron chi connectivity index (χ4n) is 1.34. The van der Waals surface area contributed by atoms with Crippen molar-refractivity contribution in [1.29, 1.82) is 0 Å². The normalized spacial score (nSPS) is 10.2. The van der Waals surface area contributed by atoms with Crippen LogP contribution in [0.3, 0.4) is 0 Å². The maximum Gasteiger partial charge on any atom is 0.150 e. The van der Waals surface area contributed by atoms with Crippen molar-refractivity contribution in [3.05, 3.63) is 54.5 Å². The van der Waals surface area contributed by atoms with Crippen LogP contribution in [0.25, 0.3) is 0 Å². The van der Waals surface area contributed by atoms with Crippen LogP contribution in [-0.2, 0) is 11.2 Å². The van der Waals surface area contributed by atoms with E-state index in [-0.39, 0.29) is 5.78 Å². The molecule has 0 aliphatic rings. The lowest BCUT2D eigenvalue weighted by atomic mass is 10.2. The monoisotopic (exact) mass is 232 g/mol. The standard InChI is InChI=1S/C13H12O2S/c14-11(9-12-5-4-8-15-12)10-16-13-6-2-1-3-7-13/h1-8H,9-10H2. The first-order valence-corrected chi connectivity index (χ1v) is 6.05. The molecule has 3 heteroatoms. The van der Waals surface area contributed by atoms with Gasteiger partial charge in [-0.25, -0.2) is 0 Å². The molecule has 0 unspecified atom stereocenters. The smallest absolute Gasteiger partial charge is 0.150 e. The highest BCUT2D eigenvalue weighted by Crippen LogP contribution is 2.17. The zero-order valence-corrected chi connectivity index (χ0v) is 9.57. The van der Waals surface area contributed by atoms with Crippen molar-refractivity contribution in [2.24, 2.45) is 0 Å². The molecule has 0 saturated heterocycles. The number of thioether (sulfide) groups is 1. The molecule has 16 heavy (non-hydrogen) atoms. The number of hydrogen-bond donors (Lipinski definition) is 0. The van der Waals surface area contributed by atoms with Gasteiger partial charge in [0.2, 0.25) is 0 Å². The van der Waals surface area contributed by atoms with Crippen LogP contribution in [0.15, 0.2) is 58.0 Å². The van der Waals surface area contributed by atoms with E-state index in [1.807, 2.05) is 36.4 Å². The summed E-state index contributed by atoms with van der Waals surface area (Å²) in [5, 5.41) is 0. The first-order valence-electron chi connectivity index (χ1n) is 5.06. The number of carbonyl (C=O) groups excluding carboxylic acids is 1. The van der Waals surface area contributed by atoms with Gasteiger partial charge in [-0.1, -0.05) is 18.2 Å². The number of Topliss-reactive ketones (excluding diaryl/α,β-unsaturated/α-hetero) is 1. The molecule has 1 aromatic carbocycles. The molecule has 2 rings (SSSR count). The van der Waals surface area contributed by atoms with Crippen molar-refractivity contribution in [3.8, 4) is 0 Å². The van der Waals surface area contributed by atoms with Gasteiger partial charge in [0.25, 0.3) is 0 Å². The average molecular weight is 232 g/mol. The van der Waals surface area contributed by atoms with Crippen molar-refractivity contribution >= 4 is 17.5 Å². The van der Waals surface area contributed by atoms with E-state index in [0.717, 1.165) is 10.7 Å². The maximum absolute atomic E-state index is 11.6. The molecular weight excluding hydrogens is 220 g/mol. The second-order valence-electron chi connectivity index (χ2n) is 3.40. The third kappa shape index (κ3) is 3.28. The Hall–Kier alpha value is -1.48. The fourth-order valence-corrected chi connectivity index (χ4v) is 2.12. The number of furan rings is 1. The van der Waals surface area contributed by atoms with Gasteiger partial charge in [0, 0.05) is 4.90 Å². The van der Waals surface area contributed by atoms with Crippen molar-refractivity contribution in [1.82, 2.24) is 0 Å². The van der Waals surface area contributed by atoms with Crippen LogP contribution in [0.4, 0.5) is 0 Å². The molecule has 82 valence electrons. The Morgan fingerprint density at radius 1 is 1.12 bits per heavy atom. The molecule has 0 saturated carbocycles. The Bertz CT molecular complexity index is 434.